The van der Waals surface area contributed by atoms with Gasteiger partial charge in [0.25, 0.3) is 0 Å². The highest BCUT2D eigenvalue weighted by Crippen LogP contribution is 2.21. The van der Waals surface area contributed by atoms with Crippen LogP contribution >= 0.6 is 0 Å². The van der Waals surface area contributed by atoms with Crippen molar-refractivity contribution in [2.75, 3.05) is 20.3 Å². The zero-order valence-corrected chi connectivity index (χ0v) is 9.70. The molecule has 0 saturated heterocycles. The molecule has 0 saturated carbocycles. The van der Waals surface area contributed by atoms with E-state index >= 15 is 0 Å². The van der Waals surface area contributed by atoms with Crippen molar-refractivity contribution in [2.24, 2.45) is 5.73 Å². The first-order valence-corrected chi connectivity index (χ1v) is 5.35. The molecule has 2 N–H and O–H groups in total. The molecule has 3 nitrogen and oxygen atoms in total. The van der Waals surface area contributed by atoms with Crippen molar-refractivity contribution in [3.8, 4) is 5.75 Å². The van der Waals surface area contributed by atoms with E-state index in [0.29, 0.717) is 13.2 Å². The summed E-state index contributed by atoms with van der Waals surface area (Å²) in [6, 6.07) is 4.36. The van der Waals surface area contributed by atoms with Crippen molar-refractivity contribution in [2.45, 2.75) is 19.4 Å². The van der Waals surface area contributed by atoms with Gasteiger partial charge in [-0.25, -0.2) is 4.39 Å². The topological polar surface area (TPSA) is 44.5 Å². The highest BCUT2D eigenvalue weighted by Gasteiger charge is 2.09. The van der Waals surface area contributed by atoms with Crippen LogP contribution in [0.15, 0.2) is 18.2 Å². The third-order valence-corrected chi connectivity index (χ3v) is 2.25. The van der Waals surface area contributed by atoms with Crippen LogP contribution in [0.25, 0.3) is 0 Å². The summed E-state index contributed by atoms with van der Waals surface area (Å²) in [7, 11) is 1.43. The van der Waals surface area contributed by atoms with Gasteiger partial charge < -0.3 is 15.2 Å². The Labute approximate surface area is 95.4 Å². The molecule has 4 heteroatoms. The second-order valence-electron chi connectivity index (χ2n) is 3.58. The summed E-state index contributed by atoms with van der Waals surface area (Å²) in [6.07, 6.45) is 0.958. The monoisotopic (exact) mass is 227 g/mol. The summed E-state index contributed by atoms with van der Waals surface area (Å²) in [5.74, 6) is -0.170. The minimum Gasteiger partial charge on any atom is -0.494 e. The van der Waals surface area contributed by atoms with Gasteiger partial charge in [0.15, 0.2) is 11.6 Å². The van der Waals surface area contributed by atoms with Crippen molar-refractivity contribution in [1.82, 2.24) is 0 Å². The van der Waals surface area contributed by atoms with Crippen LogP contribution in [0.2, 0.25) is 0 Å². The molecule has 1 atom stereocenters. The zero-order chi connectivity index (χ0) is 12.0. The van der Waals surface area contributed by atoms with Gasteiger partial charge in [0.2, 0.25) is 0 Å². The first-order valence-electron chi connectivity index (χ1n) is 5.35. The summed E-state index contributed by atoms with van der Waals surface area (Å²) in [4.78, 5) is 0. The highest BCUT2D eigenvalue weighted by molar-refractivity contribution is 5.32. The molecule has 0 aliphatic heterocycles. The van der Waals surface area contributed by atoms with Gasteiger partial charge in [-0.05, 0) is 24.1 Å². The van der Waals surface area contributed by atoms with E-state index in [1.165, 1.54) is 13.2 Å². The van der Waals surface area contributed by atoms with Crippen LogP contribution in [0.1, 0.15) is 24.9 Å². The van der Waals surface area contributed by atoms with Crippen LogP contribution in [-0.2, 0) is 4.74 Å². The first kappa shape index (κ1) is 12.9. The number of methoxy groups -OCH3 is 1. The van der Waals surface area contributed by atoms with Gasteiger partial charge in [-0.3, -0.25) is 0 Å². The average molecular weight is 227 g/mol. The fraction of sp³-hybridized carbons (Fsp3) is 0.500. The summed E-state index contributed by atoms with van der Waals surface area (Å²) < 4.78 is 23.4. The molecule has 1 aromatic carbocycles. The van der Waals surface area contributed by atoms with Crippen LogP contribution in [0.5, 0.6) is 5.75 Å². The van der Waals surface area contributed by atoms with Crippen LogP contribution in [0.3, 0.4) is 0 Å². The van der Waals surface area contributed by atoms with E-state index in [2.05, 4.69) is 0 Å². The molecule has 16 heavy (non-hydrogen) atoms. The molecule has 0 radical (unpaired) electrons. The highest BCUT2D eigenvalue weighted by atomic mass is 19.1. The lowest BCUT2D eigenvalue weighted by Crippen LogP contribution is -2.17. The minimum absolute atomic E-state index is 0.212. The van der Waals surface area contributed by atoms with E-state index in [1.54, 1.807) is 12.1 Å². The van der Waals surface area contributed by atoms with Gasteiger partial charge in [-0.15, -0.1) is 0 Å². The van der Waals surface area contributed by atoms with E-state index < -0.39 is 0 Å². The minimum atomic E-state index is -0.382. The van der Waals surface area contributed by atoms with Crippen molar-refractivity contribution in [3.05, 3.63) is 29.6 Å². The van der Waals surface area contributed by atoms with Gasteiger partial charge in [-0.2, -0.15) is 0 Å². The number of hydrogen-bond acceptors (Lipinski definition) is 3. The molecule has 0 amide bonds. The van der Waals surface area contributed by atoms with E-state index in [4.69, 9.17) is 15.2 Å². The van der Waals surface area contributed by atoms with Gasteiger partial charge in [0.05, 0.1) is 19.8 Å². The van der Waals surface area contributed by atoms with Crippen LogP contribution < -0.4 is 10.5 Å². The molecule has 90 valence electrons. The zero-order valence-electron chi connectivity index (χ0n) is 9.70. The lowest BCUT2D eigenvalue weighted by atomic mass is 10.1. The Morgan fingerprint density at radius 2 is 2.19 bits per heavy atom. The lowest BCUT2D eigenvalue weighted by Gasteiger charge is -2.13. The van der Waals surface area contributed by atoms with Gasteiger partial charge in [0.1, 0.15) is 0 Å². The van der Waals surface area contributed by atoms with Gasteiger partial charge in [-0.1, -0.05) is 13.0 Å². The Balaban J connectivity index is 2.64. The number of benzene rings is 1. The third-order valence-electron chi connectivity index (χ3n) is 2.25. The number of nitrogens with two attached hydrogens (primary N) is 1. The molecule has 0 aliphatic rings. The van der Waals surface area contributed by atoms with E-state index in [9.17, 15) is 4.39 Å². The maximum atomic E-state index is 13.1. The van der Waals surface area contributed by atoms with Crippen LogP contribution in [0.4, 0.5) is 4.39 Å². The fourth-order valence-corrected chi connectivity index (χ4v) is 1.36. The van der Waals surface area contributed by atoms with Gasteiger partial charge >= 0.3 is 0 Å². The third kappa shape index (κ3) is 3.47. The molecule has 0 aliphatic carbocycles. The molecule has 0 bridgehead atoms. The fourth-order valence-electron chi connectivity index (χ4n) is 1.36. The maximum absolute atomic E-state index is 13.1. The maximum Gasteiger partial charge on any atom is 0.165 e. The van der Waals surface area contributed by atoms with E-state index in [0.717, 1.165) is 12.0 Å². The Bertz CT molecular complexity index is 331. The SMILES string of the molecule is CCCOCC(N)c1ccc(F)c(OC)c1. The summed E-state index contributed by atoms with van der Waals surface area (Å²) >= 11 is 0. The number of ether oxygens (including phenoxy) is 2. The molecular formula is C12H18FNO2. The summed E-state index contributed by atoms with van der Waals surface area (Å²) in [6.45, 7) is 3.15. The average Bonchev–Trinajstić information content (AvgIpc) is 2.30. The molecule has 0 aromatic heterocycles. The first-order chi connectivity index (χ1) is 7.69. The van der Waals surface area contributed by atoms with Gasteiger partial charge in [0, 0.05) is 6.61 Å². The van der Waals surface area contributed by atoms with Crippen molar-refractivity contribution < 1.29 is 13.9 Å². The van der Waals surface area contributed by atoms with E-state index in [-0.39, 0.29) is 17.6 Å². The Morgan fingerprint density at radius 1 is 1.44 bits per heavy atom. The largest absolute Gasteiger partial charge is 0.494 e. The molecule has 0 fully saturated rings. The number of halogens is 1. The molecule has 0 spiro atoms. The molecule has 1 unspecified atom stereocenters. The Morgan fingerprint density at radius 3 is 2.81 bits per heavy atom. The van der Waals surface area contributed by atoms with Crippen molar-refractivity contribution in [1.29, 1.82) is 0 Å². The molecular weight excluding hydrogens is 209 g/mol. The van der Waals surface area contributed by atoms with Crippen molar-refractivity contribution in [3.63, 3.8) is 0 Å². The smallest absolute Gasteiger partial charge is 0.165 e. The Kier molecular flexibility index (Phi) is 5.22. The summed E-state index contributed by atoms with van der Waals surface area (Å²) in [5.41, 5.74) is 6.72. The second kappa shape index (κ2) is 6.45. The Hall–Kier alpha value is -1.13. The normalized spacial score (nSPS) is 12.5. The lowest BCUT2D eigenvalue weighted by molar-refractivity contribution is 0.121. The van der Waals surface area contributed by atoms with Crippen LogP contribution in [0, 0.1) is 5.82 Å². The van der Waals surface area contributed by atoms with E-state index in [1.807, 2.05) is 6.92 Å². The predicted molar refractivity (Wildman–Crippen MR) is 61.0 cm³/mol. The molecule has 1 aromatic rings. The quantitative estimate of drug-likeness (QED) is 0.758. The predicted octanol–water partition coefficient (Wildman–Crippen LogP) is 2.26. The standard InChI is InChI=1S/C12H18FNO2/c1-3-6-16-8-11(14)9-4-5-10(13)12(7-9)15-2/h4-5,7,11H,3,6,8,14H2,1-2H3. The van der Waals surface area contributed by atoms with Crippen LogP contribution in [-0.4, -0.2) is 20.3 Å². The van der Waals surface area contributed by atoms with Crippen molar-refractivity contribution >= 4 is 0 Å². The number of hydrogen-bond donors (Lipinski definition) is 1. The molecule has 0 heterocycles. The second-order valence-corrected chi connectivity index (χ2v) is 3.58. The summed E-state index contributed by atoms with van der Waals surface area (Å²) in [5, 5.41) is 0. The molecule has 1 rings (SSSR count). The number of rotatable bonds is 6.